The van der Waals surface area contributed by atoms with E-state index in [0.29, 0.717) is 19.3 Å². The average molecular weight is 454 g/mol. The Morgan fingerprint density at radius 3 is 2.45 bits per heavy atom. The maximum atomic E-state index is 12.8. The van der Waals surface area contributed by atoms with Gasteiger partial charge in [0.2, 0.25) is 0 Å². The van der Waals surface area contributed by atoms with Gasteiger partial charge in [-0.3, -0.25) is 4.79 Å². The van der Waals surface area contributed by atoms with Crippen LogP contribution in [-0.4, -0.2) is 36.9 Å². The van der Waals surface area contributed by atoms with Crippen LogP contribution in [-0.2, 0) is 27.1 Å². The smallest absolute Gasteiger partial charge is 0.408 e. The van der Waals surface area contributed by atoms with Crippen LogP contribution < -0.4 is 10.1 Å². The number of rotatable bonds is 7. The van der Waals surface area contributed by atoms with Crippen molar-refractivity contribution < 1.29 is 23.8 Å². The third-order valence-corrected chi connectivity index (χ3v) is 6.10. The summed E-state index contributed by atoms with van der Waals surface area (Å²) < 4.78 is 16.7. The lowest BCUT2D eigenvalue weighted by molar-refractivity contribution is -0.145. The third-order valence-electron chi connectivity index (χ3n) is 6.10. The molecule has 0 spiro atoms. The minimum Gasteiger partial charge on any atom is -0.496 e. The van der Waals surface area contributed by atoms with Gasteiger partial charge in [0.25, 0.3) is 0 Å². The highest BCUT2D eigenvalue weighted by atomic mass is 16.6. The van der Waals surface area contributed by atoms with Gasteiger partial charge < -0.3 is 19.5 Å². The minimum absolute atomic E-state index is 0.225. The molecule has 1 heterocycles. The maximum Gasteiger partial charge on any atom is 0.408 e. The van der Waals surface area contributed by atoms with Crippen LogP contribution in [0.1, 0.15) is 49.4 Å². The number of nitrogens with one attached hydrogen (secondary N) is 1. The Labute approximate surface area is 196 Å². The summed E-state index contributed by atoms with van der Waals surface area (Å²) in [5.74, 6) is 0.352. The summed E-state index contributed by atoms with van der Waals surface area (Å²) in [5, 5.41) is 2.95. The number of benzene rings is 2. The van der Waals surface area contributed by atoms with Crippen molar-refractivity contribution in [2.24, 2.45) is 5.92 Å². The van der Waals surface area contributed by atoms with Crippen molar-refractivity contribution in [2.45, 2.75) is 71.6 Å². The number of amides is 1. The van der Waals surface area contributed by atoms with Crippen molar-refractivity contribution in [1.29, 1.82) is 0 Å². The van der Waals surface area contributed by atoms with E-state index in [-0.39, 0.29) is 17.9 Å². The van der Waals surface area contributed by atoms with Crippen molar-refractivity contribution >= 4 is 12.1 Å². The summed E-state index contributed by atoms with van der Waals surface area (Å²) in [6.07, 6.45) is 0.748. The first-order valence-corrected chi connectivity index (χ1v) is 11.4. The van der Waals surface area contributed by atoms with E-state index in [1.54, 1.807) is 7.11 Å². The van der Waals surface area contributed by atoms with Gasteiger partial charge in [-0.15, -0.1) is 0 Å². The topological polar surface area (TPSA) is 73.9 Å². The van der Waals surface area contributed by atoms with Crippen molar-refractivity contribution in [3.8, 4) is 5.75 Å². The normalized spacial score (nSPS) is 19.0. The van der Waals surface area contributed by atoms with E-state index in [1.165, 1.54) is 0 Å². The number of carbonyl (C=O) groups excluding carboxylic acids is 2. The fourth-order valence-corrected chi connectivity index (χ4v) is 4.25. The minimum atomic E-state index is -0.611. The van der Waals surface area contributed by atoms with E-state index < -0.39 is 17.8 Å². The molecule has 0 aliphatic carbocycles. The second-order valence-corrected chi connectivity index (χ2v) is 9.73. The molecule has 178 valence electrons. The second-order valence-electron chi connectivity index (χ2n) is 9.73. The molecular weight excluding hydrogens is 418 g/mol. The number of cyclic esters (lactones) is 1. The van der Waals surface area contributed by atoms with Gasteiger partial charge in [-0.05, 0) is 75.8 Å². The molecule has 1 saturated heterocycles. The monoisotopic (exact) mass is 453 g/mol. The van der Waals surface area contributed by atoms with Crippen LogP contribution in [0.15, 0.2) is 42.5 Å². The molecule has 1 amide bonds. The zero-order valence-electron chi connectivity index (χ0n) is 20.4. The van der Waals surface area contributed by atoms with Crippen LogP contribution >= 0.6 is 0 Å². The van der Waals surface area contributed by atoms with Gasteiger partial charge in [-0.25, -0.2) is 4.79 Å². The first kappa shape index (κ1) is 24.6. The standard InChI is InChI=1S/C27H35NO5/c1-17-18(2)23(31-6)13-12-20(17)15-21-16-24(32-25(21)29)22(14-19-10-8-7-9-11-19)28-26(30)33-27(3,4)5/h7-13,21-22,24H,14-16H2,1-6H3,(H,28,30)/t21?,22-,24?/m0/s1. The number of methoxy groups -OCH3 is 1. The predicted octanol–water partition coefficient (Wildman–Crippen LogP) is 4.92. The van der Waals surface area contributed by atoms with Crippen molar-refractivity contribution in [2.75, 3.05) is 7.11 Å². The average Bonchev–Trinajstić information content (AvgIpc) is 3.11. The zero-order chi connectivity index (χ0) is 24.2. The van der Waals surface area contributed by atoms with E-state index in [2.05, 4.69) is 5.32 Å². The van der Waals surface area contributed by atoms with E-state index in [9.17, 15) is 9.59 Å². The fraction of sp³-hybridized carbons (Fsp3) is 0.481. The molecule has 6 nitrogen and oxygen atoms in total. The van der Waals surface area contributed by atoms with Crippen LogP contribution in [0.25, 0.3) is 0 Å². The second kappa shape index (κ2) is 10.3. The summed E-state index contributed by atoms with van der Waals surface area (Å²) in [4.78, 5) is 25.3. The summed E-state index contributed by atoms with van der Waals surface area (Å²) in [6.45, 7) is 9.54. The Kier molecular flexibility index (Phi) is 7.67. The van der Waals surface area contributed by atoms with Crippen LogP contribution in [0.5, 0.6) is 5.75 Å². The van der Waals surface area contributed by atoms with Crippen LogP contribution in [0, 0.1) is 19.8 Å². The van der Waals surface area contributed by atoms with Crippen LogP contribution in [0.2, 0.25) is 0 Å². The Hall–Kier alpha value is -3.02. The van der Waals surface area contributed by atoms with Gasteiger partial charge in [-0.2, -0.15) is 0 Å². The van der Waals surface area contributed by atoms with Crippen molar-refractivity contribution in [3.05, 3.63) is 64.7 Å². The van der Waals surface area contributed by atoms with Crippen molar-refractivity contribution in [1.82, 2.24) is 5.32 Å². The molecule has 1 aliphatic rings. The SMILES string of the molecule is COc1ccc(CC2CC([C@H](Cc3ccccc3)NC(=O)OC(C)(C)C)OC2=O)c(C)c1C. The molecule has 0 radical (unpaired) electrons. The summed E-state index contributed by atoms with van der Waals surface area (Å²) in [6, 6.07) is 13.4. The largest absolute Gasteiger partial charge is 0.496 e. The molecule has 0 bridgehead atoms. The molecule has 1 aliphatic heterocycles. The Bertz CT molecular complexity index is 980. The molecular formula is C27H35NO5. The zero-order valence-corrected chi connectivity index (χ0v) is 20.4. The van der Waals surface area contributed by atoms with E-state index in [4.69, 9.17) is 14.2 Å². The molecule has 3 atom stereocenters. The lowest BCUT2D eigenvalue weighted by Gasteiger charge is -2.26. The van der Waals surface area contributed by atoms with E-state index in [0.717, 1.165) is 28.0 Å². The van der Waals surface area contributed by atoms with Gasteiger partial charge in [0, 0.05) is 6.42 Å². The molecule has 33 heavy (non-hydrogen) atoms. The molecule has 6 heteroatoms. The van der Waals surface area contributed by atoms with Crippen LogP contribution in [0.4, 0.5) is 4.79 Å². The Morgan fingerprint density at radius 1 is 1.12 bits per heavy atom. The fourth-order valence-electron chi connectivity index (χ4n) is 4.25. The molecule has 2 aromatic carbocycles. The number of carbonyl (C=O) groups is 2. The summed E-state index contributed by atoms with van der Waals surface area (Å²) in [7, 11) is 1.66. The number of hydrogen-bond acceptors (Lipinski definition) is 5. The van der Waals surface area contributed by atoms with E-state index >= 15 is 0 Å². The third kappa shape index (κ3) is 6.50. The Balaban J connectivity index is 1.75. The maximum absolute atomic E-state index is 12.8. The quantitative estimate of drug-likeness (QED) is 0.602. The first-order valence-electron chi connectivity index (χ1n) is 11.4. The van der Waals surface area contributed by atoms with Gasteiger partial charge in [-0.1, -0.05) is 36.4 Å². The lowest BCUT2D eigenvalue weighted by Crippen LogP contribution is -2.46. The van der Waals surface area contributed by atoms with Gasteiger partial charge >= 0.3 is 12.1 Å². The molecule has 0 saturated carbocycles. The molecule has 2 aromatic rings. The summed E-state index contributed by atoms with van der Waals surface area (Å²) in [5.41, 5.74) is 3.75. The number of alkyl carbamates (subject to hydrolysis) is 1. The number of ether oxygens (including phenoxy) is 3. The van der Waals surface area contributed by atoms with Gasteiger partial charge in [0.15, 0.2) is 0 Å². The number of esters is 1. The highest BCUT2D eigenvalue weighted by Crippen LogP contribution is 2.31. The van der Waals surface area contributed by atoms with Gasteiger partial charge in [0.1, 0.15) is 17.5 Å². The highest BCUT2D eigenvalue weighted by molar-refractivity contribution is 5.75. The highest BCUT2D eigenvalue weighted by Gasteiger charge is 2.40. The van der Waals surface area contributed by atoms with Gasteiger partial charge in [0.05, 0.1) is 19.1 Å². The van der Waals surface area contributed by atoms with Crippen molar-refractivity contribution in [3.63, 3.8) is 0 Å². The van der Waals surface area contributed by atoms with E-state index in [1.807, 2.05) is 77.1 Å². The summed E-state index contributed by atoms with van der Waals surface area (Å²) >= 11 is 0. The predicted molar refractivity (Wildman–Crippen MR) is 127 cm³/mol. The molecule has 1 fully saturated rings. The molecule has 0 aromatic heterocycles. The molecule has 1 N–H and O–H groups in total. The lowest BCUT2D eigenvalue weighted by atomic mass is 9.89. The Morgan fingerprint density at radius 2 is 1.82 bits per heavy atom. The molecule has 3 rings (SSSR count). The molecule has 2 unspecified atom stereocenters. The van der Waals surface area contributed by atoms with Crippen LogP contribution in [0.3, 0.4) is 0 Å². The first-order chi connectivity index (χ1) is 15.6. The number of hydrogen-bond donors (Lipinski definition) is 1.